The third kappa shape index (κ3) is 4.99. The first-order valence-electron chi connectivity index (χ1n) is 9.50. The van der Waals surface area contributed by atoms with Crippen molar-refractivity contribution in [2.45, 2.75) is 6.61 Å². The fourth-order valence-electron chi connectivity index (χ4n) is 3.07. The molecule has 31 heavy (non-hydrogen) atoms. The maximum absolute atomic E-state index is 8.17. The lowest BCUT2D eigenvalue weighted by atomic mass is 10.0. The quantitative estimate of drug-likeness (QED) is 0.224. The summed E-state index contributed by atoms with van der Waals surface area (Å²) in [6.07, 6.45) is 6.44. The maximum atomic E-state index is 8.17. The molecule has 2 heterocycles. The summed E-state index contributed by atoms with van der Waals surface area (Å²) in [4.78, 5) is 4.52. The highest BCUT2D eigenvalue weighted by atomic mass is 35.5. The topological polar surface area (TPSA) is 83.5 Å². The highest BCUT2D eigenvalue weighted by molar-refractivity contribution is 6.30. The molecule has 7 heteroatoms. The van der Waals surface area contributed by atoms with Gasteiger partial charge in [-0.05, 0) is 53.6 Å². The second-order valence-corrected chi connectivity index (χ2v) is 7.12. The first kappa shape index (κ1) is 20.4. The summed E-state index contributed by atoms with van der Waals surface area (Å²) in [5.74, 6) is 0.564. The predicted molar refractivity (Wildman–Crippen MR) is 123 cm³/mol. The molecule has 154 valence electrons. The minimum Gasteiger partial charge on any atom is -0.487 e. The lowest BCUT2D eigenvalue weighted by Crippen LogP contribution is -2.05. The highest BCUT2D eigenvalue weighted by Crippen LogP contribution is 2.24. The van der Waals surface area contributed by atoms with Gasteiger partial charge in [0.2, 0.25) is 5.90 Å². The molecule has 0 aliphatic rings. The van der Waals surface area contributed by atoms with Crippen molar-refractivity contribution < 1.29 is 9.47 Å². The molecule has 0 aliphatic heterocycles. The van der Waals surface area contributed by atoms with Crippen LogP contribution in [-0.4, -0.2) is 21.7 Å². The van der Waals surface area contributed by atoms with Crippen molar-refractivity contribution in [1.29, 1.82) is 10.8 Å². The van der Waals surface area contributed by atoms with Crippen molar-refractivity contribution in [3.8, 4) is 5.75 Å². The Bertz CT molecular complexity index is 1210. The van der Waals surface area contributed by atoms with Crippen LogP contribution in [0.5, 0.6) is 5.75 Å². The first-order valence-corrected chi connectivity index (χ1v) is 9.88. The number of nitrogens with zero attached hydrogens (tertiary/aromatic N) is 2. The van der Waals surface area contributed by atoms with E-state index in [0.717, 1.165) is 28.9 Å². The Morgan fingerprint density at radius 2 is 1.81 bits per heavy atom. The SMILES string of the molecule is N=COC(=N)C(=Cc1ccc(Cl)cc1)c1ccc(OCc2cn3ccccc3n2)cc1. The zero-order valence-corrected chi connectivity index (χ0v) is 17.2. The fourth-order valence-corrected chi connectivity index (χ4v) is 3.20. The second kappa shape index (κ2) is 9.28. The van der Waals surface area contributed by atoms with Crippen LogP contribution < -0.4 is 4.74 Å². The summed E-state index contributed by atoms with van der Waals surface area (Å²) in [7, 11) is 0. The zero-order valence-electron chi connectivity index (χ0n) is 16.5. The predicted octanol–water partition coefficient (Wildman–Crippen LogP) is 5.71. The lowest BCUT2D eigenvalue weighted by Gasteiger charge is -2.10. The lowest BCUT2D eigenvalue weighted by molar-refractivity contribution is 0.302. The summed E-state index contributed by atoms with van der Waals surface area (Å²) in [5, 5.41) is 15.9. The van der Waals surface area contributed by atoms with E-state index in [1.807, 2.05) is 77.5 Å². The Hall–Kier alpha value is -3.90. The van der Waals surface area contributed by atoms with E-state index >= 15 is 0 Å². The van der Waals surface area contributed by atoms with Crippen LogP contribution in [0.15, 0.2) is 79.1 Å². The molecule has 0 spiro atoms. The Morgan fingerprint density at radius 3 is 2.52 bits per heavy atom. The van der Waals surface area contributed by atoms with Crippen LogP contribution in [0.1, 0.15) is 16.8 Å². The van der Waals surface area contributed by atoms with Crippen molar-refractivity contribution in [2.75, 3.05) is 0 Å². The van der Waals surface area contributed by atoms with E-state index in [1.165, 1.54) is 0 Å². The minimum atomic E-state index is -0.122. The largest absolute Gasteiger partial charge is 0.487 e. The Labute approximate surface area is 184 Å². The minimum absolute atomic E-state index is 0.122. The smallest absolute Gasteiger partial charge is 0.221 e. The van der Waals surface area contributed by atoms with Gasteiger partial charge in [0, 0.05) is 23.0 Å². The summed E-state index contributed by atoms with van der Waals surface area (Å²) in [5.41, 5.74) is 3.88. The molecule has 0 saturated carbocycles. The average Bonchev–Trinajstić information content (AvgIpc) is 3.21. The normalized spacial score (nSPS) is 11.3. The number of nitrogens with one attached hydrogen (secondary N) is 2. The molecule has 0 unspecified atom stereocenters. The molecule has 2 aromatic carbocycles. The molecular formula is C24H19ClN4O2. The Balaban J connectivity index is 1.52. The van der Waals surface area contributed by atoms with Crippen LogP contribution in [0, 0.1) is 10.8 Å². The van der Waals surface area contributed by atoms with Gasteiger partial charge in [0.05, 0.1) is 5.69 Å². The average molecular weight is 431 g/mol. The van der Waals surface area contributed by atoms with Crippen molar-refractivity contribution in [2.24, 2.45) is 0 Å². The van der Waals surface area contributed by atoms with Crippen molar-refractivity contribution in [3.05, 3.63) is 101 Å². The summed E-state index contributed by atoms with van der Waals surface area (Å²) in [6, 6.07) is 20.5. The van der Waals surface area contributed by atoms with Crippen LogP contribution in [-0.2, 0) is 11.3 Å². The molecule has 0 atom stereocenters. The fraction of sp³-hybridized carbons (Fsp3) is 0.0417. The molecule has 2 aromatic heterocycles. The van der Waals surface area contributed by atoms with Crippen LogP contribution in [0.25, 0.3) is 17.3 Å². The summed E-state index contributed by atoms with van der Waals surface area (Å²) in [6.45, 7) is 0.348. The number of hydrogen-bond donors (Lipinski definition) is 2. The van der Waals surface area contributed by atoms with E-state index in [2.05, 4.69) is 4.98 Å². The van der Waals surface area contributed by atoms with E-state index < -0.39 is 0 Å². The second-order valence-electron chi connectivity index (χ2n) is 6.69. The van der Waals surface area contributed by atoms with Crippen LogP contribution in [0.3, 0.4) is 0 Å². The summed E-state index contributed by atoms with van der Waals surface area (Å²) < 4.78 is 12.8. The number of rotatable bonds is 7. The van der Waals surface area contributed by atoms with Gasteiger partial charge >= 0.3 is 0 Å². The molecule has 6 nitrogen and oxygen atoms in total. The third-order valence-corrected chi connectivity index (χ3v) is 4.82. The molecule has 0 saturated heterocycles. The number of aromatic nitrogens is 2. The van der Waals surface area contributed by atoms with Crippen LogP contribution in [0.2, 0.25) is 5.02 Å². The monoisotopic (exact) mass is 430 g/mol. The first-order chi connectivity index (χ1) is 15.1. The molecule has 4 aromatic rings. The zero-order chi connectivity index (χ0) is 21.6. The van der Waals surface area contributed by atoms with Gasteiger partial charge in [0.1, 0.15) is 18.0 Å². The molecule has 2 N–H and O–H groups in total. The summed E-state index contributed by atoms with van der Waals surface area (Å²) >= 11 is 5.95. The maximum Gasteiger partial charge on any atom is 0.221 e. The molecule has 4 rings (SSSR count). The molecule has 0 radical (unpaired) electrons. The van der Waals surface area contributed by atoms with Gasteiger partial charge in [-0.25, -0.2) is 4.98 Å². The van der Waals surface area contributed by atoms with Crippen molar-refractivity contribution in [1.82, 2.24) is 9.38 Å². The van der Waals surface area contributed by atoms with E-state index in [0.29, 0.717) is 23.0 Å². The number of pyridine rings is 1. The van der Waals surface area contributed by atoms with E-state index in [-0.39, 0.29) is 5.90 Å². The third-order valence-electron chi connectivity index (χ3n) is 4.57. The van der Waals surface area contributed by atoms with Crippen LogP contribution in [0.4, 0.5) is 0 Å². The molecule has 0 aliphatic carbocycles. The van der Waals surface area contributed by atoms with E-state index in [4.69, 9.17) is 31.9 Å². The molecule has 0 bridgehead atoms. The van der Waals surface area contributed by atoms with E-state index in [9.17, 15) is 0 Å². The number of fused-ring (bicyclic) bond motifs is 1. The number of imidazole rings is 1. The van der Waals surface area contributed by atoms with Crippen molar-refractivity contribution >= 4 is 41.2 Å². The number of hydrogen-bond acceptors (Lipinski definition) is 5. The van der Waals surface area contributed by atoms with E-state index in [1.54, 1.807) is 12.1 Å². The van der Waals surface area contributed by atoms with Gasteiger partial charge in [-0.2, -0.15) is 0 Å². The van der Waals surface area contributed by atoms with Gasteiger partial charge in [-0.3, -0.25) is 10.8 Å². The van der Waals surface area contributed by atoms with Gasteiger partial charge in [-0.15, -0.1) is 0 Å². The van der Waals surface area contributed by atoms with Gasteiger partial charge < -0.3 is 13.9 Å². The van der Waals surface area contributed by atoms with Gasteiger partial charge in [-0.1, -0.05) is 41.9 Å². The highest BCUT2D eigenvalue weighted by Gasteiger charge is 2.11. The molecule has 0 amide bonds. The van der Waals surface area contributed by atoms with Crippen molar-refractivity contribution in [3.63, 3.8) is 0 Å². The van der Waals surface area contributed by atoms with Crippen LogP contribution >= 0.6 is 11.6 Å². The molecular weight excluding hydrogens is 412 g/mol. The van der Waals surface area contributed by atoms with Gasteiger partial charge in [0.25, 0.3) is 0 Å². The Morgan fingerprint density at radius 1 is 1.03 bits per heavy atom. The van der Waals surface area contributed by atoms with Gasteiger partial charge in [0.15, 0.2) is 6.40 Å². The number of halogens is 1. The standard InChI is InChI=1S/C24H19ClN4O2/c25-19-8-4-17(5-9-19)13-22(24(27)31-16-26)18-6-10-21(11-7-18)30-15-20-14-29-12-2-1-3-23(29)28-20/h1-14,16,26-27H,15H2. The molecule has 0 fully saturated rings. The number of benzene rings is 2. The Kier molecular flexibility index (Phi) is 6.10. The number of ether oxygens (including phenoxy) is 2.